The highest BCUT2D eigenvalue weighted by Crippen LogP contribution is 2.65. The summed E-state index contributed by atoms with van der Waals surface area (Å²) in [6.07, 6.45) is 10.4. The van der Waals surface area contributed by atoms with E-state index in [0.29, 0.717) is 23.7 Å². The number of hydrogen-bond donors (Lipinski definition) is 2. The fourth-order valence-corrected chi connectivity index (χ4v) is 7.25. The number of aliphatic hydroxyl groups is 2. The lowest BCUT2D eigenvalue weighted by atomic mass is 9.46. The second-order valence-corrected chi connectivity index (χ2v) is 9.58. The van der Waals surface area contributed by atoms with E-state index in [1.54, 1.807) is 6.08 Å². The van der Waals surface area contributed by atoms with Crippen LogP contribution in [0, 0.1) is 34.5 Å². The highest BCUT2D eigenvalue weighted by molar-refractivity contribution is 6.08. The number of hydrogen-bond acceptors (Lipinski definition) is 4. The molecule has 0 bridgehead atoms. The fourth-order valence-electron chi connectivity index (χ4n) is 7.25. The van der Waals surface area contributed by atoms with Crippen molar-refractivity contribution in [1.82, 2.24) is 0 Å². The third-order valence-electron chi connectivity index (χ3n) is 8.57. The zero-order valence-electron chi connectivity index (χ0n) is 15.9. The first-order valence-electron chi connectivity index (χ1n) is 10.4. The molecule has 3 saturated carbocycles. The van der Waals surface area contributed by atoms with Crippen molar-refractivity contribution in [3.63, 3.8) is 0 Å². The Balaban J connectivity index is 1.69. The monoisotopic (exact) mass is 360 g/mol. The van der Waals surface area contributed by atoms with Crippen LogP contribution in [-0.2, 0) is 9.59 Å². The average molecular weight is 360 g/mol. The van der Waals surface area contributed by atoms with Crippen LogP contribution in [0.1, 0.15) is 64.7 Å². The molecule has 0 saturated heterocycles. The molecule has 0 aromatic heterocycles. The SMILES string of the molecule is C[C@@]12CCC[C@H]1[C@@H]1CCC3=CC(=O)C(C(=O)CCO)C[C@]3(CO)[C@@H]1CC2. The van der Waals surface area contributed by atoms with Gasteiger partial charge in [-0.1, -0.05) is 18.9 Å². The first-order valence-corrected chi connectivity index (χ1v) is 10.4. The molecule has 0 radical (unpaired) electrons. The van der Waals surface area contributed by atoms with Crippen molar-refractivity contribution in [1.29, 1.82) is 0 Å². The van der Waals surface area contributed by atoms with Crippen LogP contribution in [0.4, 0.5) is 0 Å². The molecule has 4 rings (SSSR count). The second kappa shape index (κ2) is 6.56. The summed E-state index contributed by atoms with van der Waals surface area (Å²) in [4.78, 5) is 25.0. The first-order chi connectivity index (χ1) is 12.4. The minimum Gasteiger partial charge on any atom is -0.396 e. The van der Waals surface area contributed by atoms with Gasteiger partial charge in [0.05, 0.1) is 12.5 Å². The van der Waals surface area contributed by atoms with Gasteiger partial charge in [0.1, 0.15) is 5.78 Å². The molecule has 4 aliphatic carbocycles. The average Bonchev–Trinajstić information content (AvgIpc) is 3.03. The molecule has 3 fully saturated rings. The number of ketones is 2. The van der Waals surface area contributed by atoms with E-state index in [0.717, 1.165) is 30.8 Å². The maximum absolute atomic E-state index is 12.6. The molecule has 0 spiro atoms. The highest BCUT2D eigenvalue weighted by Gasteiger charge is 2.59. The second-order valence-electron chi connectivity index (χ2n) is 9.58. The van der Waals surface area contributed by atoms with E-state index in [9.17, 15) is 14.7 Å². The van der Waals surface area contributed by atoms with Gasteiger partial charge in [0.25, 0.3) is 0 Å². The first kappa shape index (κ1) is 18.4. The Morgan fingerprint density at radius 1 is 1.19 bits per heavy atom. The van der Waals surface area contributed by atoms with Crippen molar-refractivity contribution < 1.29 is 19.8 Å². The Morgan fingerprint density at radius 2 is 2.00 bits per heavy atom. The number of carbonyl (C=O) groups excluding carboxylic acids is 2. The van der Waals surface area contributed by atoms with E-state index in [1.165, 1.54) is 25.7 Å². The predicted octanol–water partition coefficient (Wildman–Crippen LogP) is 3.06. The molecule has 6 atom stereocenters. The summed E-state index contributed by atoms with van der Waals surface area (Å²) in [6.45, 7) is 2.28. The number of aliphatic hydroxyl groups excluding tert-OH is 2. The zero-order chi connectivity index (χ0) is 18.5. The summed E-state index contributed by atoms with van der Waals surface area (Å²) >= 11 is 0. The number of fused-ring (bicyclic) bond motifs is 5. The normalized spacial score (nSPS) is 44.7. The van der Waals surface area contributed by atoms with Gasteiger partial charge in [-0.2, -0.15) is 0 Å². The van der Waals surface area contributed by atoms with Crippen LogP contribution in [0.3, 0.4) is 0 Å². The maximum atomic E-state index is 12.6. The van der Waals surface area contributed by atoms with Crippen LogP contribution in [0.2, 0.25) is 0 Å². The fraction of sp³-hybridized carbons (Fsp3) is 0.818. The zero-order valence-corrected chi connectivity index (χ0v) is 15.9. The molecule has 0 amide bonds. The Labute approximate surface area is 156 Å². The standard InChI is InChI=1S/C22H32O4/c1-21-8-2-3-17(21)15-5-4-14-11-20(26)16(19(25)7-10-23)12-22(14,13-24)18(15)6-9-21/h11,15-18,23-24H,2-10,12-13H2,1H3/t15-,16?,17-,18+,21-,22+/m0/s1. The van der Waals surface area contributed by atoms with Gasteiger partial charge in [-0.3, -0.25) is 9.59 Å². The summed E-state index contributed by atoms with van der Waals surface area (Å²) in [7, 11) is 0. The van der Waals surface area contributed by atoms with E-state index in [2.05, 4.69) is 6.92 Å². The van der Waals surface area contributed by atoms with Crippen LogP contribution < -0.4 is 0 Å². The predicted molar refractivity (Wildman–Crippen MR) is 98.3 cm³/mol. The largest absolute Gasteiger partial charge is 0.396 e. The number of Topliss-reactive ketones (excluding diaryl/α,β-unsaturated/α-hetero) is 1. The van der Waals surface area contributed by atoms with Gasteiger partial charge >= 0.3 is 0 Å². The summed E-state index contributed by atoms with van der Waals surface area (Å²) in [5.74, 6) is 0.791. The number of rotatable bonds is 4. The van der Waals surface area contributed by atoms with Gasteiger partial charge in [-0.15, -0.1) is 0 Å². The van der Waals surface area contributed by atoms with Crippen LogP contribution >= 0.6 is 0 Å². The molecule has 1 unspecified atom stereocenters. The Kier molecular flexibility index (Phi) is 4.63. The van der Waals surface area contributed by atoms with Gasteiger partial charge < -0.3 is 10.2 Å². The third-order valence-corrected chi connectivity index (χ3v) is 8.57. The highest BCUT2D eigenvalue weighted by atomic mass is 16.3. The Morgan fingerprint density at radius 3 is 2.73 bits per heavy atom. The lowest BCUT2D eigenvalue weighted by Gasteiger charge is -2.58. The molecule has 0 aromatic carbocycles. The van der Waals surface area contributed by atoms with Crippen molar-refractivity contribution in [3.8, 4) is 0 Å². The molecule has 4 heteroatoms. The smallest absolute Gasteiger partial charge is 0.166 e. The molecule has 26 heavy (non-hydrogen) atoms. The van der Waals surface area contributed by atoms with Gasteiger partial charge in [0, 0.05) is 18.4 Å². The molecule has 2 N–H and O–H groups in total. The molecular weight excluding hydrogens is 328 g/mol. The maximum Gasteiger partial charge on any atom is 0.166 e. The van der Waals surface area contributed by atoms with Crippen molar-refractivity contribution >= 4 is 11.6 Å². The Bertz CT molecular complexity index is 638. The minimum absolute atomic E-state index is 0.0376. The summed E-state index contributed by atoms with van der Waals surface area (Å²) < 4.78 is 0. The van der Waals surface area contributed by atoms with E-state index in [1.807, 2.05) is 0 Å². The molecule has 0 aromatic rings. The topological polar surface area (TPSA) is 74.6 Å². The molecule has 4 nitrogen and oxygen atoms in total. The minimum atomic E-state index is -0.673. The van der Waals surface area contributed by atoms with E-state index < -0.39 is 11.3 Å². The van der Waals surface area contributed by atoms with E-state index >= 15 is 0 Å². The van der Waals surface area contributed by atoms with Gasteiger partial charge in [0.15, 0.2) is 5.78 Å². The molecule has 0 heterocycles. The van der Waals surface area contributed by atoms with Crippen LogP contribution in [-0.4, -0.2) is 35.0 Å². The van der Waals surface area contributed by atoms with Crippen LogP contribution in [0.15, 0.2) is 11.6 Å². The lowest BCUT2D eigenvalue weighted by molar-refractivity contribution is -0.136. The van der Waals surface area contributed by atoms with E-state index in [4.69, 9.17) is 5.11 Å². The number of carbonyl (C=O) groups is 2. The molecular formula is C22H32O4. The van der Waals surface area contributed by atoms with Crippen LogP contribution in [0.25, 0.3) is 0 Å². The summed E-state index contributed by atoms with van der Waals surface area (Å²) in [5, 5.41) is 19.7. The van der Waals surface area contributed by atoms with Gasteiger partial charge in [0.2, 0.25) is 0 Å². The van der Waals surface area contributed by atoms with Crippen molar-refractivity contribution in [3.05, 3.63) is 11.6 Å². The van der Waals surface area contributed by atoms with E-state index in [-0.39, 0.29) is 31.2 Å². The van der Waals surface area contributed by atoms with Gasteiger partial charge in [-0.25, -0.2) is 0 Å². The van der Waals surface area contributed by atoms with Crippen molar-refractivity contribution in [2.24, 2.45) is 34.5 Å². The lowest BCUT2D eigenvalue weighted by Crippen LogP contribution is -2.54. The van der Waals surface area contributed by atoms with Crippen molar-refractivity contribution in [2.45, 2.75) is 64.7 Å². The quantitative estimate of drug-likeness (QED) is 0.756. The van der Waals surface area contributed by atoms with Crippen molar-refractivity contribution in [2.75, 3.05) is 13.2 Å². The molecule has 4 aliphatic rings. The molecule has 0 aliphatic heterocycles. The summed E-state index contributed by atoms with van der Waals surface area (Å²) in [5.41, 5.74) is 1.16. The van der Waals surface area contributed by atoms with Crippen LogP contribution in [0.5, 0.6) is 0 Å². The molecule has 144 valence electrons. The van der Waals surface area contributed by atoms with Gasteiger partial charge in [-0.05, 0) is 74.2 Å². The third kappa shape index (κ3) is 2.56. The summed E-state index contributed by atoms with van der Waals surface area (Å²) in [6, 6.07) is 0. The Hall–Kier alpha value is -1.00.